The van der Waals surface area contributed by atoms with E-state index in [4.69, 9.17) is 14.3 Å². The Hall–Kier alpha value is -3.71. The summed E-state index contributed by atoms with van der Waals surface area (Å²) in [4.78, 5) is 21.1. The number of oxime groups is 1. The summed E-state index contributed by atoms with van der Waals surface area (Å²) in [6.45, 7) is 6.17. The van der Waals surface area contributed by atoms with Crippen molar-refractivity contribution in [1.29, 1.82) is 0 Å². The van der Waals surface area contributed by atoms with Crippen molar-refractivity contribution >= 4 is 11.7 Å². The van der Waals surface area contributed by atoms with Crippen molar-refractivity contribution in [2.45, 2.75) is 39.4 Å². The van der Waals surface area contributed by atoms with Gasteiger partial charge in [0.05, 0.1) is 17.5 Å². The normalized spacial score (nSPS) is 12.4. The highest BCUT2D eigenvalue weighted by atomic mass is 16.6. The maximum absolute atomic E-state index is 11.3. The zero-order chi connectivity index (χ0) is 24.3. The molecule has 2 aromatic carbocycles. The quantitative estimate of drug-likeness (QED) is 0.232. The van der Waals surface area contributed by atoms with Gasteiger partial charge in [-0.1, -0.05) is 47.6 Å². The second kappa shape index (κ2) is 12.5. The molecule has 1 aromatic heterocycles. The van der Waals surface area contributed by atoms with E-state index in [0.29, 0.717) is 25.4 Å². The maximum Gasteiger partial charge on any atom is 0.333 e. The van der Waals surface area contributed by atoms with Gasteiger partial charge in [0.2, 0.25) is 0 Å². The number of benzene rings is 2. The number of hydrogen-bond acceptors (Lipinski definition) is 6. The van der Waals surface area contributed by atoms with E-state index in [9.17, 15) is 9.90 Å². The highest BCUT2D eigenvalue weighted by Gasteiger charge is 2.20. The molecule has 7 heteroatoms. The van der Waals surface area contributed by atoms with Gasteiger partial charge in [0.15, 0.2) is 12.7 Å². The molecule has 0 fully saturated rings. The number of aromatic nitrogens is 1. The molecule has 0 saturated heterocycles. The van der Waals surface area contributed by atoms with Crippen LogP contribution in [0.2, 0.25) is 0 Å². The molecule has 1 unspecified atom stereocenters. The second-order valence-corrected chi connectivity index (χ2v) is 8.01. The van der Waals surface area contributed by atoms with E-state index >= 15 is 0 Å². The Morgan fingerprint density at radius 3 is 2.35 bits per heavy atom. The summed E-state index contributed by atoms with van der Waals surface area (Å²) < 4.78 is 11.1. The Kier molecular flexibility index (Phi) is 9.17. The topological polar surface area (TPSA) is 90.2 Å². The number of ether oxygens (including phenoxy) is 2. The Morgan fingerprint density at radius 2 is 1.74 bits per heavy atom. The molecule has 0 aliphatic heterocycles. The molecule has 0 radical (unpaired) electrons. The van der Waals surface area contributed by atoms with Crippen LogP contribution in [0, 0.1) is 0 Å². The summed E-state index contributed by atoms with van der Waals surface area (Å²) in [5.74, 6) is -0.291. The number of rotatable bonds is 12. The number of carboxylic acid groups (broad SMARTS) is 1. The minimum Gasteiger partial charge on any atom is -0.490 e. The minimum atomic E-state index is -0.967. The Balaban J connectivity index is 1.43. The molecule has 0 aliphatic rings. The molecule has 7 nitrogen and oxygen atoms in total. The van der Waals surface area contributed by atoms with Crippen LogP contribution in [0.3, 0.4) is 0 Å². The molecular weight excluding hydrogens is 432 g/mol. The zero-order valence-electron chi connectivity index (χ0n) is 19.7. The lowest BCUT2D eigenvalue weighted by molar-refractivity contribution is -0.153. The molecule has 1 heterocycles. The van der Waals surface area contributed by atoms with Crippen molar-refractivity contribution < 1.29 is 24.2 Å². The number of hydrogen-bond donors (Lipinski definition) is 1. The lowest BCUT2D eigenvalue weighted by Gasteiger charge is -2.16. The van der Waals surface area contributed by atoms with Gasteiger partial charge in [0.1, 0.15) is 12.4 Å². The highest BCUT2D eigenvalue weighted by molar-refractivity contribution is 5.98. The van der Waals surface area contributed by atoms with Crippen LogP contribution in [0.1, 0.15) is 31.9 Å². The van der Waals surface area contributed by atoms with Crippen molar-refractivity contribution in [2.24, 2.45) is 5.16 Å². The SMILES string of the molecule is CC(=NOCCOc1ccc(CC(OC(C)C)C(=O)O)cc1)c1ccc(-c2ccccn2)cc1. The maximum atomic E-state index is 11.3. The Labute approximate surface area is 200 Å². The van der Waals surface area contributed by atoms with Crippen LogP contribution in [0.4, 0.5) is 0 Å². The van der Waals surface area contributed by atoms with Crippen LogP contribution in [0.5, 0.6) is 5.75 Å². The van der Waals surface area contributed by atoms with Crippen LogP contribution in [-0.4, -0.2) is 47.2 Å². The van der Waals surface area contributed by atoms with Gasteiger partial charge in [0, 0.05) is 18.2 Å². The molecule has 0 amide bonds. The molecule has 34 heavy (non-hydrogen) atoms. The van der Waals surface area contributed by atoms with Crippen LogP contribution in [-0.2, 0) is 20.8 Å². The fourth-order valence-electron chi connectivity index (χ4n) is 3.27. The predicted octanol–water partition coefficient (Wildman–Crippen LogP) is 4.99. The molecular formula is C27H30N2O5. The molecule has 0 spiro atoms. The van der Waals surface area contributed by atoms with E-state index < -0.39 is 12.1 Å². The van der Waals surface area contributed by atoms with Gasteiger partial charge in [-0.05, 0) is 56.2 Å². The third-order valence-electron chi connectivity index (χ3n) is 4.96. The third-order valence-corrected chi connectivity index (χ3v) is 4.96. The summed E-state index contributed by atoms with van der Waals surface area (Å²) in [6.07, 6.45) is 1.06. The standard InChI is InChI=1S/C27H30N2O5/c1-19(2)34-26(27(30)31)18-21-7-13-24(14-8-21)32-16-17-33-29-20(3)22-9-11-23(12-10-22)25-6-4-5-15-28-25/h4-15,19,26H,16-18H2,1-3H3,(H,30,31). The van der Waals surface area contributed by atoms with E-state index in [0.717, 1.165) is 28.1 Å². The average Bonchev–Trinajstić information content (AvgIpc) is 2.84. The zero-order valence-corrected chi connectivity index (χ0v) is 19.7. The van der Waals surface area contributed by atoms with Gasteiger partial charge in [-0.3, -0.25) is 4.98 Å². The highest BCUT2D eigenvalue weighted by Crippen LogP contribution is 2.18. The van der Waals surface area contributed by atoms with Crippen molar-refractivity contribution in [3.8, 4) is 17.0 Å². The van der Waals surface area contributed by atoms with Crippen molar-refractivity contribution in [2.75, 3.05) is 13.2 Å². The molecule has 0 aliphatic carbocycles. The monoisotopic (exact) mass is 462 g/mol. The Morgan fingerprint density at radius 1 is 1.00 bits per heavy atom. The lowest BCUT2D eigenvalue weighted by atomic mass is 10.1. The Bertz CT molecular complexity index is 1060. The van der Waals surface area contributed by atoms with Crippen molar-refractivity contribution in [1.82, 2.24) is 4.98 Å². The van der Waals surface area contributed by atoms with Crippen molar-refractivity contribution in [3.05, 3.63) is 84.1 Å². The van der Waals surface area contributed by atoms with Crippen LogP contribution in [0.25, 0.3) is 11.3 Å². The molecule has 0 bridgehead atoms. The summed E-state index contributed by atoms with van der Waals surface area (Å²) in [5, 5.41) is 13.5. The van der Waals surface area contributed by atoms with Gasteiger partial charge in [-0.2, -0.15) is 0 Å². The van der Waals surface area contributed by atoms with E-state index in [2.05, 4.69) is 10.1 Å². The second-order valence-electron chi connectivity index (χ2n) is 8.01. The molecule has 3 rings (SSSR count). The first kappa shape index (κ1) is 24.9. The number of nitrogens with zero attached hydrogens (tertiary/aromatic N) is 2. The minimum absolute atomic E-state index is 0.152. The fraction of sp³-hybridized carbons (Fsp3) is 0.296. The summed E-state index contributed by atoms with van der Waals surface area (Å²) in [5.41, 5.74) is 4.58. The summed E-state index contributed by atoms with van der Waals surface area (Å²) >= 11 is 0. The number of pyridine rings is 1. The van der Waals surface area contributed by atoms with Gasteiger partial charge in [-0.15, -0.1) is 0 Å². The first-order valence-electron chi connectivity index (χ1n) is 11.2. The smallest absolute Gasteiger partial charge is 0.333 e. The summed E-state index contributed by atoms with van der Waals surface area (Å²) in [6, 6.07) is 21.1. The first-order valence-corrected chi connectivity index (χ1v) is 11.2. The lowest BCUT2D eigenvalue weighted by Crippen LogP contribution is -2.29. The predicted molar refractivity (Wildman–Crippen MR) is 131 cm³/mol. The van der Waals surface area contributed by atoms with Crippen LogP contribution < -0.4 is 4.74 Å². The van der Waals surface area contributed by atoms with Gasteiger partial charge in [0.25, 0.3) is 0 Å². The van der Waals surface area contributed by atoms with Gasteiger partial charge in [-0.25, -0.2) is 4.79 Å². The molecule has 1 atom stereocenters. The molecule has 1 N–H and O–H groups in total. The summed E-state index contributed by atoms with van der Waals surface area (Å²) in [7, 11) is 0. The number of carboxylic acids is 1. The molecule has 3 aromatic rings. The first-order chi connectivity index (χ1) is 16.4. The third kappa shape index (κ3) is 7.71. The van der Waals surface area contributed by atoms with E-state index in [-0.39, 0.29) is 6.10 Å². The van der Waals surface area contributed by atoms with Gasteiger partial charge < -0.3 is 19.4 Å². The van der Waals surface area contributed by atoms with Gasteiger partial charge >= 0.3 is 5.97 Å². The van der Waals surface area contributed by atoms with E-state index in [1.54, 1.807) is 18.3 Å². The fourth-order valence-corrected chi connectivity index (χ4v) is 3.27. The van der Waals surface area contributed by atoms with Crippen LogP contribution in [0.15, 0.2) is 78.1 Å². The number of carbonyl (C=O) groups is 1. The molecule has 0 saturated carbocycles. The molecule has 178 valence electrons. The van der Waals surface area contributed by atoms with Crippen molar-refractivity contribution in [3.63, 3.8) is 0 Å². The number of aliphatic carboxylic acids is 1. The van der Waals surface area contributed by atoms with E-state index in [1.165, 1.54) is 0 Å². The average molecular weight is 463 g/mol. The van der Waals surface area contributed by atoms with Crippen LogP contribution >= 0.6 is 0 Å². The van der Waals surface area contributed by atoms with E-state index in [1.807, 2.05) is 75.4 Å². The largest absolute Gasteiger partial charge is 0.490 e.